The predicted octanol–water partition coefficient (Wildman–Crippen LogP) is 0.342. The summed E-state index contributed by atoms with van der Waals surface area (Å²) in [6.45, 7) is 2.48. The fourth-order valence-corrected chi connectivity index (χ4v) is 1.96. The summed E-state index contributed by atoms with van der Waals surface area (Å²) in [7, 11) is 1.87. The molecule has 0 saturated carbocycles. The zero-order valence-electron chi connectivity index (χ0n) is 10.1. The molecule has 1 aromatic rings. The minimum atomic E-state index is -0.0817. The topological polar surface area (TPSA) is 63.1 Å². The van der Waals surface area contributed by atoms with Crippen molar-refractivity contribution in [2.24, 2.45) is 7.05 Å². The number of hydrogen-bond donors (Lipinski definition) is 2. The number of rotatable bonds is 2. The Morgan fingerprint density at radius 1 is 1.53 bits per heavy atom. The monoisotopic (exact) mass is 235 g/mol. The van der Waals surface area contributed by atoms with Crippen LogP contribution in [0.25, 0.3) is 0 Å². The summed E-state index contributed by atoms with van der Waals surface area (Å²) in [5, 5.41) is 5.68. The van der Waals surface area contributed by atoms with Crippen molar-refractivity contribution in [2.45, 2.75) is 25.8 Å². The molecule has 2 heterocycles. The Balaban J connectivity index is 1.98. The SMILES string of the molecule is Cc1ccc(C(=O)NC2CCC(=O)NC2)n1C. The van der Waals surface area contributed by atoms with E-state index in [0.717, 1.165) is 5.69 Å². The van der Waals surface area contributed by atoms with Crippen LogP contribution in [0.2, 0.25) is 0 Å². The van der Waals surface area contributed by atoms with Gasteiger partial charge in [0, 0.05) is 31.7 Å². The van der Waals surface area contributed by atoms with Gasteiger partial charge in [0.05, 0.1) is 0 Å². The first kappa shape index (κ1) is 11.7. The van der Waals surface area contributed by atoms with Gasteiger partial charge in [0.1, 0.15) is 5.69 Å². The minimum Gasteiger partial charge on any atom is -0.354 e. The van der Waals surface area contributed by atoms with E-state index < -0.39 is 0 Å². The quantitative estimate of drug-likeness (QED) is 0.776. The first-order valence-corrected chi connectivity index (χ1v) is 5.78. The van der Waals surface area contributed by atoms with E-state index in [1.54, 1.807) is 0 Å². The van der Waals surface area contributed by atoms with E-state index in [-0.39, 0.29) is 17.9 Å². The van der Waals surface area contributed by atoms with Crippen LogP contribution >= 0.6 is 0 Å². The standard InChI is InChI=1S/C12H17N3O2/c1-8-3-5-10(15(8)2)12(17)14-9-4-6-11(16)13-7-9/h3,5,9H,4,6-7H2,1-2H3,(H,13,16)(H,14,17). The molecule has 5 nitrogen and oxygen atoms in total. The van der Waals surface area contributed by atoms with Crippen molar-refractivity contribution in [3.8, 4) is 0 Å². The van der Waals surface area contributed by atoms with Crippen molar-refractivity contribution >= 4 is 11.8 Å². The van der Waals surface area contributed by atoms with Gasteiger partial charge >= 0.3 is 0 Å². The molecular formula is C12H17N3O2. The molecule has 17 heavy (non-hydrogen) atoms. The number of piperidine rings is 1. The van der Waals surface area contributed by atoms with E-state index in [2.05, 4.69) is 10.6 Å². The highest BCUT2D eigenvalue weighted by Crippen LogP contribution is 2.08. The van der Waals surface area contributed by atoms with Crippen LogP contribution in [0.4, 0.5) is 0 Å². The first-order valence-electron chi connectivity index (χ1n) is 5.78. The number of nitrogens with one attached hydrogen (secondary N) is 2. The zero-order valence-corrected chi connectivity index (χ0v) is 10.1. The number of carbonyl (C=O) groups is 2. The van der Waals surface area contributed by atoms with Crippen LogP contribution in [-0.4, -0.2) is 29.0 Å². The van der Waals surface area contributed by atoms with Crippen molar-refractivity contribution in [2.75, 3.05) is 6.54 Å². The maximum atomic E-state index is 12.0. The Hall–Kier alpha value is -1.78. The molecule has 0 aliphatic carbocycles. The molecule has 2 N–H and O–H groups in total. The molecule has 1 unspecified atom stereocenters. The second kappa shape index (κ2) is 4.61. The van der Waals surface area contributed by atoms with Crippen LogP contribution < -0.4 is 10.6 Å². The smallest absolute Gasteiger partial charge is 0.268 e. The van der Waals surface area contributed by atoms with Crippen molar-refractivity contribution < 1.29 is 9.59 Å². The van der Waals surface area contributed by atoms with Gasteiger partial charge < -0.3 is 15.2 Å². The molecule has 1 aliphatic rings. The van der Waals surface area contributed by atoms with E-state index in [4.69, 9.17) is 0 Å². The summed E-state index contributed by atoms with van der Waals surface area (Å²) in [6.07, 6.45) is 1.19. The molecule has 2 rings (SSSR count). The van der Waals surface area contributed by atoms with E-state index in [1.807, 2.05) is 30.7 Å². The lowest BCUT2D eigenvalue weighted by atomic mass is 10.1. The molecule has 1 fully saturated rings. The summed E-state index contributed by atoms with van der Waals surface area (Å²) in [4.78, 5) is 23.0. The van der Waals surface area contributed by atoms with Gasteiger partial charge in [0.25, 0.3) is 5.91 Å². The maximum absolute atomic E-state index is 12.0. The highest BCUT2D eigenvalue weighted by atomic mass is 16.2. The van der Waals surface area contributed by atoms with Crippen LogP contribution in [0, 0.1) is 6.92 Å². The van der Waals surface area contributed by atoms with Crippen molar-refractivity contribution in [3.05, 3.63) is 23.5 Å². The van der Waals surface area contributed by atoms with Crippen molar-refractivity contribution in [3.63, 3.8) is 0 Å². The molecule has 1 aromatic heterocycles. The molecular weight excluding hydrogens is 218 g/mol. The minimum absolute atomic E-state index is 0.0374. The van der Waals surface area contributed by atoms with Gasteiger partial charge in [-0.05, 0) is 25.5 Å². The molecule has 2 amide bonds. The van der Waals surface area contributed by atoms with Gasteiger partial charge in [-0.2, -0.15) is 0 Å². The Labute approximate surface area is 100 Å². The highest BCUT2D eigenvalue weighted by molar-refractivity contribution is 5.93. The molecule has 5 heteroatoms. The van der Waals surface area contributed by atoms with Crippen molar-refractivity contribution in [1.82, 2.24) is 15.2 Å². The number of nitrogens with zero attached hydrogens (tertiary/aromatic N) is 1. The van der Waals surface area contributed by atoms with Gasteiger partial charge in [-0.25, -0.2) is 0 Å². The van der Waals surface area contributed by atoms with Crippen LogP contribution in [-0.2, 0) is 11.8 Å². The van der Waals surface area contributed by atoms with Crippen LogP contribution in [0.5, 0.6) is 0 Å². The Bertz CT molecular complexity index is 441. The summed E-state index contributed by atoms with van der Waals surface area (Å²) in [6, 6.07) is 3.76. The predicted molar refractivity (Wildman–Crippen MR) is 63.6 cm³/mol. The zero-order chi connectivity index (χ0) is 12.4. The van der Waals surface area contributed by atoms with Gasteiger partial charge in [0.2, 0.25) is 5.91 Å². The summed E-state index contributed by atoms with van der Waals surface area (Å²) < 4.78 is 1.86. The lowest BCUT2D eigenvalue weighted by molar-refractivity contribution is -0.122. The number of hydrogen-bond acceptors (Lipinski definition) is 2. The Morgan fingerprint density at radius 2 is 2.29 bits per heavy atom. The van der Waals surface area contributed by atoms with E-state index >= 15 is 0 Å². The summed E-state index contributed by atoms with van der Waals surface area (Å²) in [5.41, 5.74) is 1.70. The highest BCUT2D eigenvalue weighted by Gasteiger charge is 2.21. The van der Waals surface area contributed by atoms with E-state index in [9.17, 15) is 9.59 Å². The fraction of sp³-hybridized carbons (Fsp3) is 0.500. The average Bonchev–Trinajstić information content (AvgIpc) is 2.63. The number of aromatic nitrogens is 1. The third-order valence-electron chi connectivity index (χ3n) is 3.21. The number of aryl methyl sites for hydroxylation is 1. The van der Waals surface area contributed by atoms with E-state index in [1.165, 1.54) is 0 Å². The Kier molecular flexibility index (Phi) is 3.17. The number of carbonyl (C=O) groups excluding carboxylic acids is 2. The summed E-state index contributed by atoms with van der Waals surface area (Å²) in [5.74, 6) is -0.0213. The van der Waals surface area contributed by atoms with Crippen LogP contribution in [0.15, 0.2) is 12.1 Å². The summed E-state index contributed by atoms with van der Waals surface area (Å²) >= 11 is 0. The van der Waals surface area contributed by atoms with E-state index in [0.29, 0.717) is 25.1 Å². The second-order valence-corrected chi connectivity index (χ2v) is 4.43. The van der Waals surface area contributed by atoms with Crippen LogP contribution in [0.1, 0.15) is 29.0 Å². The second-order valence-electron chi connectivity index (χ2n) is 4.43. The fourth-order valence-electron chi connectivity index (χ4n) is 1.96. The molecule has 1 aliphatic heterocycles. The maximum Gasteiger partial charge on any atom is 0.268 e. The van der Waals surface area contributed by atoms with Crippen molar-refractivity contribution in [1.29, 1.82) is 0 Å². The molecule has 0 aromatic carbocycles. The molecule has 0 radical (unpaired) electrons. The molecule has 1 atom stereocenters. The number of amides is 2. The lowest BCUT2D eigenvalue weighted by Gasteiger charge is -2.23. The normalized spacial score (nSPS) is 19.9. The molecule has 92 valence electrons. The van der Waals surface area contributed by atoms with Crippen LogP contribution in [0.3, 0.4) is 0 Å². The Morgan fingerprint density at radius 3 is 2.82 bits per heavy atom. The van der Waals surface area contributed by atoms with Gasteiger partial charge in [0.15, 0.2) is 0 Å². The third-order valence-corrected chi connectivity index (χ3v) is 3.21. The molecule has 1 saturated heterocycles. The van der Waals surface area contributed by atoms with Gasteiger partial charge in [-0.15, -0.1) is 0 Å². The van der Waals surface area contributed by atoms with Gasteiger partial charge in [-0.3, -0.25) is 9.59 Å². The average molecular weight is 235 g/mol. The lowest BCUT2D eigenvalue weighted by Crippen LogP contribution is -2.48. The third kappa shape index (κ3) is 2.49. The molecule has 0 spiro atoms. The largest absolute Gasteiger partial charge is 0.354 e. The molecule has 0 bridgehead atoms. The first-order chi connectivity index (χ1) is 8.08. The van der Waals surface area contributed by atoms with Gasteiger partial charge in [-0.1, -0.05) is 0 Å².